The van der Waals surface area contributed by atoms with Crippen LogP contribution in [0, 0.1) is 0 Å². The fourth-order valence-electron chi connectivity index (χ4n) is 3.49. The number of phenols is 1. The fraction of sp³-hybridized carbons (Fsp3) is 0.583. The van der Waals surface area contributed by atoms with Gasteiger partial charge in [0, 0.05) is 12.2 Å². The topological polar surface area (TPSA) is 223 Å². The molecular weight excluding hydrogens is 500 g/mol. The molecule has 37 heavy (non-hydrogen) atoms. The van der Waals surface area contributed by atoms with Crippen LogP contribution in [-0.2, 0) is 25.6 Å². The van der Waals surface area contributed by atoms with E-state index in [1.807, 2.05) is 0 Å². The van der Waals surface area contributed by atoms with Gasteiger partial charge in [0.2, 0.25) is 17.7 Å². The number of thiol groups is 1. The number of aromatic hydroxyl groups is 1. The number of carbonyl (C=O) groups is 4. The van der Waals surface area contributed by atoms with Gasteiger partial charge in [0.25, 0.3) is 0 Å². The Labute approximate surface area is 222 Å². The summed E-state index contributed by atoms with van der Waals surface area (Å²) in [6.07, 6.45) is 3.26. The minimum absolute atomic E-state index is 0.0127. The van der Waals surface area contributed by atoms with Crippen LogP contribution in [0.1, 0.15) is 44.1 Å². The summed E-state index contributed by atoms with van der Waals surface area (Å²) < 4.78 is 0. The molecule has 13 heteroatoms. The third kappa shape index (κ3) is 12.3. The van der Waals surface area contributed by atoms with Gasteiger partial charge < -0.3 is 43.4 Å². The van der Waals surface area contributed by atoms with E-state index in [0.717, 1.165) is 6.42 Å². The maximum Gasteiger partial charge on any atom is 0.327 e. The van der Waals surface area contributed by atoms with Crippen molar-refractivity contribution in [2.24, 2.45) is 17.2 Å². The van der Waals surface area contributed by atoms with Crippen molar-refractivity contribution in [2.45, 2.75) is 69.1 Å². The third-order valence-corrected chi connectivity index (χ3v) is 6.06. The van der Waals surface area contributed by atoms with Crippen molar-refractivity contribution in [3.63, 3.8) is 0 Å². The average molecular weight is 541 g/mol. The molecule has 11 N–H and O–H groups in total. The minimum Gasteiger partial charge on any atom is -0.508 e. The van der Waals surface area contributed by atoms with Gasteiger partial charge in [-0.1, -0.05) is 18.6 Å². The van der Waals surface area contributed by atoms with Crippen molar-refractivity contribution in [2.75, 3.05) is 18.8 Å². The minimum atomic E-state index is -1.27. The lowest BCUT2D eigenvalue weighted by Gasteiger charge is -2.25. The first-order valence-corrected chi connectivity index (χ1v) is 12.9. The van der Waals surface area contributed by atoms with Crippen LogP contribution in [0.4, 0.5) is 0 Å². The van der Waals surface area contributed by atoms with Crippen LogP contribution >= 0.6 is 12.6 Å². The average Bonchev–Trinajstić information content (AvgIpc) is 2.87. The number of hydrogen-bond acceptors (Lipinski definition) is 9. The number of unbranched alkanes of at least 4 members (excludes halogenated alkanes) is 2. The highest BCUT2D eigenvalue weighted by molar-refractivity contribution is 7.80. The van der Waals surface area contributed by atoms with Crippen LogP contribution in [0.15, 0.2) is 24.3 Å². The number of carboxylic acid groups (broad SMARTS) is 1. The molecule has 0 saturated carbocycles. The number of carboxylic acids is 1. The molecule has 0 bridgehead atoms. The van der Waals surface area contributed by atoms with Gasteiger partial charge in [-0.2, -0.15) is 12.6 Å². The number of amides is 3. The Bertz CT molecular complexity index is 872. The second-order valence-electron chi connectivity index (χ2n) is 8.75. The smallest absolute Gasteiger partial charge is 0.327 e. The van der Waals surface area contributed by atoms with Gasteiger partial charge in [0.05, 0.1) is 6.04 Å². The van der Waals surface area contributed by atoms with Crippen LogP contribution in [0.25, 0.3) is 0 Å². The molecule has 208 valence electrons. The van der Waals surface area contributed by atoms with Crippen LogP contribution in [0.5, 0.6) is 5.75 Å². The molecule has 0 radical (unpaired) electrons. The molecule has 0 aliphatic carbocycles. The van der Waals surface area contributed by atoms with Crippen LogP contribution in [-0.4, -0.2) is 76.9 Å². The summed E-state index contributed by atoms with van der Waals surface area (Å²) in [5.74, 6) is -3.23. The number of aliphatic carboxylic acids is 1. The Morgan fingerprint density at radius 1 is 0.784 bits per heavy atom. The maximum atomic E-state index is 13.2. The molecule has 0 saturated heterocycles. The summed E-state index contributed by atoms with van der Waals surface area (Å²) in [6.45, 7) is 0.895. The highest BCUT2D eigenvalue weighted by Gasteiger charge is 2.30. The van der Waals surface area contributed by atoms with Gasteiger partial charge in [0.15, 0.2) is 0 Å². The van der Waals surface area contributed by atoms with Crippen molar-refractivity contribution in [3.05, 3.63) is 29.8 Å². The van der Waals surface area contributed by atoms with E-state index in [4.69, 9.17) is 17.2 Å². The highest BCUT2D eigenvalue weighted by Crippen LogP contribution is 2.12. The van der Waals surface area contributed by atoms with Gasteiger partial charge in [-0.15, -0.1) is 0 Å². The Hall–Kier alpha value is -2.87. The second kappa shape index (κ2) is 17.6. The van der Waals surface area contributed by atoms with E-state index in [1.165, 1.54) is 12.1 Å². The predicted molar refractivity (Wildman–Crippen MR) is 143 cm³/mol. The molecule has 1 aromatic carbocycles. The van der Waals surface area contributed by atoms with Crippen molar-refractivity contribution in [1.29, 1.82) is 0 Å². The summed E-state index contributed by atoms with van der Waals surface area (Å²) in [6, 6.07) is 1.80. The van der Waals surface area contributed by atoms with Crippen LogP contribution in [0.3, 0.4) is 0 Å². The Morgan fingerprint density at radius 2 is 1.30 bits per heavy atom. The predicted octanol–water partition coefficient (Wildman–Crippen LogP) is -1.01. The van der Waals surface area contributed by atoms with Crippen molar-refractivity contribution < 1.29 is 29.4 Å². The molecule has 1 rings (SSSR count). The van der Waals surface area contributed by atoms with Crippen molar-refractivity contribution in [3.8, 4) is 5.75 Å². The SMILES string of the molecule is NCCCCC(N)C(=O)NC(CCCCN)C(=O)NC(Cc1ccc(O)cc1)C(=O)NC(CS)C(=O)O. The number of phenolic OH excluding ortho intramolecular Hbond substituents is 1. The number of nitrogens with two attached hydrogens (primary N) is 3. The molecule has 12 nitrogen and oxygen atoms in total. The fourth-order valence-corrected chi connectivity index (χ4v) is 3.73. The summed E-state index contributed by atoms with van der Waals surface area (Å²) in [5.41, 5.74) is 17.6. The van der Waals surface area contributed by atoms with E-state index in [0.29, 0.717) is 44.3 Å². The number of carbonyl (C=O) groups excluding carboxylic acids is 3. The quantitative estimate of drug-likeness (QED) is 0.0820. The van der Waals surface area contributed by atoms with Gasteiger partial charge in [-0.05, 0) is 62.9 Å². The molecule has 0 aliphatic heterocycles. The van der Waals surface area contributed by atoms with E-state index in [1.54, 1.807) is 12.1 Å². The van der Waals surface area contributed by atoms with Gasteiger partial charge >= 0.3 is 5.97 Å². The zero-order valence-corrected chi connectivity index (χ0v) is 21.8. The van der Waals surface area contributed by atoms with Gasteiger partial charge in [-0.25, -0.2) is 4.79 Å². The van der Waals surface area contributed by atoms with E-state index in [-0.39, 0.29) is 24.3 Å². The molecule has 0 aliphatic rings. The number of rotatable bonds is 18. The van der Waals surface area contributed by atoms with Gasteiger partial charge in [-0.3, -0.25) is 14.4 Å². The molecule has 3 amide bonds. The Balaban J connectivity index is 3.06. The first-order valence-electron chi connectivity index (χ1n) is 12.3. The standard InChI is InChI=1S/C24H40N6O6S/c25-11-3-1-5-17(27)21(32)28-18(6-2-4-12-26)22(33)29-19(13-15-7-9-16(31)10-8-15)23(34)30-20(14-37)24(35)36/h7-10,17-20,31,37H,1-6,11-14,25-27H2,(H,28,32)(H,29,33)(H,30,34)(H,35,36). The summed E-state index contributed by atoms with van der Waals surface area (Å²) >= 11 is 3.96. The zero-order valence-electron chi connectivity index (χ0n) is 20.9. The summed E-state index contributed by atoms with van der Waals surface area (Å²) in [7, 11) is 0. The van der Waals surface area contributed by atoms with Crippen molar-refractivity contribution in [1.82, 2.24) is 16.0 Å². The third-order valence-electron chi connectivity index (χ3n) is 5.69. The van der Waals surface area contributed by atoms with Crippen LogP contribution in [0.2, 0.25) is 0 Å². The zero-order chi connectivity index (χ0) is 27.8. The molecule has 0 fully saturated rings. The van der Waals surface area contributed by atoms with E-state index in [2.05, 4.69) is 28.6 Å². The summed E-state index contributed by atoms with van der Waals surface area (Å²) in [5, 5.41) is 26.5. The number of nitrogens with one attached hydrogen (secondary N) is 3. The molecule has 0 heterocycles. The van der Waals surface area contributed by atoms with E-state index in [9.17, 15) is 29.4 Å². The first-order chi connectivity index (χ1) is 17.6. The molecular formula is C24H40N6O6S. The van der Waals surface area contributed by atoms with E-state index < -0.39 is 47.9 Å². The molecule has 0 spiro atoms. The Morgan fingerprint density at radius 3 is 1.84 bits per heavy atom. The normalized spacial score (nSPS) is 14.2. The maximum absolute atomic E-state index is 13.2. The lowest BCUT2D eigenvalue weighted by atomic mass is 10.0. The highest BCUT2D eigenvalue weighted by atomic mass is 32.1. The lowest BCUT2D eigenvalue weighted by molar-refractivity contribution is -0.141. The lowest BCUT2D eigenvalue weighted by Crippen LogP contribution is -2.57. The molecule has 4 atom stereocenters. The summed E-state index contributed by atoms with van der Waals surface area (Å²) in [4.78, 5) is 50.2. The van der Waals surface area contributed by atoms with Gasteiger partial charge in [0.1, 0.15) is 23.9 Å². The Kier molecular flexibility index (Phi) is 15.3. The first kappa shape index (κ1) is 32.2. The molecule has 0 aromatic heterocycles. The monoisotopic (exact) mass is 540 g/mol. The second-order valence-corrected chi connectivity index (χ2v) is 9.12. The largest absolute Gasteiger partial charge is 0.508 e. The number of benzene rings is 1. The van der Waals surface area contributed by atoms with E-state index >= 15 is 0 Å². The molecule has 4 unspecified atom stereocenters. The van der Waals surface area contributed by atoms with Crippen molar-refractivity contribution >= 4 is 36.3 Å². The molecule has 1 aromatic rings. The number of hydrogen-bond donors (Lipinski definition) is 9. The van der Waals surface area contributed by atoms with Crippen LogP contribution < -0.4 is 33.2 Å².